The predicted octanol–water partition coefficient (Wildman–Crippen LogP) is 3.18. The minimum atomic E-state index is -1.26. The first-order valence-electron chi connectivity index (χ1n) is 9.04. The molecule has 1 unspecified atom stereocenters. The van der Waals surface area contributed by atoms with Crippen LogP contribution in [-0.2, 0) is 26.3 Å². The first-order chi connectivity index (χ1) is 12.9. The Morgan fingerprint density at radius 3 is 2.78 bits per heavy atom. The molecule has 2 heterocycles. The van der Waals surface area contributed by atoms with Gasteiger partial charge in [-0.25, -0.2) is 9.59 Å². The van der Waals surface area contributed by atoms with E-state index in [1.165, 1.54) is 6.07 Å². The molecule has 3 rings (SSSR count). The second-order valence-corrected chi connectivity index (χ2v) is 6.64. The van der Waals surface area contributed by atoms with Gasteiger partial charge in [-0.1, -0.05) is 13.3 Å². The number of aryl methyl sites for hydroxylation is 1. The van der Waals surface area contributed by atoms with Crippen molar-refractivity contribution >= 4 is 22.8 Å². The number of nitrogens with zero attached hydrogens (tertiary/aromatic N) is 1. The van der Waals surface area contributed by atoms with Crippen LogP contribution >= 0.6 is 0 Å². The highest BCUT2D eigenvalue weighted by molar-refractivity contribution is 6.02. The molecule has 0 radical (unpaired) electrons. The largest absolute Gasteiger partial charge is 0.478 e. The summed E-state index contributed by atoms with van der Waals surface area (Å²) in [5, 5.41) is 19.7. The number of benzene rings is 1. The summed E-state index contributed by atoms with van der Waals surface area (Å²) in [5.74, 6) is -1.56. The van der Waals surface area contributed by atoms with Crippen LogP contribution in [-0.4, -0.2) is 35.2 Å². The fourth-order valence-electron chi connectivity index (χ4n) is 3.94. The summed E-state index contributed by atoms with van der Waals surface area (Å²) in [4.78, 5) is 27.6. The third-order valence-corrected chi connectivity index (χ3v) is 5.10. The van der Waals surface area contributed by atoms with Gasteiger partial charge < -0.3 is 19.6 Å². The molecule has 0 fully saturated rings. The summed E-state index contributed by atoms with van der Waals surface area (Å²) in [6.07, 6.45) is 1.65. The quantitative estimate of drug-likeness (QED) is 0.782. The molecule has 0 saturated carbocycles. The van der Waals surface area contributed by atoms with Gasteiger partial charge in [0.05, 0.1) is 41.6 Å². The van der Waals surface area contributed by atoms with Crippen molar-refractivity contribution in [1.29, 1.82) is 5.26 Å². The minimum Gasteiger partial charge on any atom is -0.478 e. The zero-order valence-electron chi connectivity index (χ0n) is 15.6. The van der Waals surface area contributed by atoms with Crippen LogP contribution < -0.4 is 0 Å². The van der Waals surface area contributed by atoms with Gasteiger partial charge >= 0.3 is 11.9 Å². The van der Waals surface area contributed by atoms with E-state index in [0.717, 1.165) is 5.56 Å². The zero-order chi connectivity index (χ0) is 19.8. The number of aromatic nitrogens is 1. The number of aromatic carboxylic acids is 1. The fourth-order valence-corrected chi connectivity index (χ4v) is 3.94. The number of H-pyrrole nitrogens is 1. The molecule has 0 spiro atoms. The molecular formula is C20H22N2O5. The van der Waals surface area contributed by atoms with Crippen LogP contribution in [0.5, 0.6) is 0 Å². The number of rotatable bonds is 5. The molecule has 7 heteroatoms. The normalized spacial score (nSPS) is 18.7. The molecule has 0 aliphatic carbocycles. The third kappa shape index (κ3) is 2.77. The molecule has 2 aromatic rings. The zero-order valence-corrected chi connectivity index (χ0v) is 15.6. The maximum Gasteiger partial charge on any atom is 0.344 e. The number of nitriles is 1. The molecule has 0 bridgehead atoms. The van der Waals surface area contributed by atoms with E-state index in [1.54, 1.807) is 13.8 Å². The lowest BCUT2D eigenvalue weighted by Crippen LogP contribution is -2.44. The first kappa shape index (κ1) is 18.9. The first-order valence-corrected chi connectivity index (χ1v) is 9.04. The second kappa shape index (κ2) is 7.05. The van der Waals surface area contributed by atoms with Gasteiger partial charge in [-0.05, 0) is 43.9 Å². The van der Waals surface area contributed by atoms with Gasteiger partial charge in [-0.3, -0.25) is 0 Å². The third-order valence-electron chi connectivity index (χ3n) is 5.10. The second-order valence-electron chi connectivity index (χ2n) is 6.64. The van der Waals surface area contributed by atoms with Gasteiger partial charge in [0.15, 0.2) is 0 Å². The van der Waals surface area contributed by atoms with E-state index in [1.807, 2.05) is 6.92 Å². The molecule has 1 aromatic carbocycles. The van der Waals surface area contributed by atoms with Crippen molar-refractivity contribution < 1.29 is 24.2 Å². The molecule has 1 aliphatic rings. The highest BCUT2D eigenvalue weighted by Gasteiger charge is 2.48. The number of fused-ring (bicyclic) bond motifs is 3. The molecule has 0 saturated heterocycles. The standard InChI is InChI=1S/C20H22N2O5/c1-4-7-20(19(25)26-5-2)17-13(6-8-27-20)15-12(10-21)9-14(18(23)24)11(3)16(15)22-17/h9,22H,4-8H2,1-3H3,(H,23,24). The molecule has 1 aliphatic heterocycles. The van der Waals surface area contributed by atoms with Crippen LogP contribution in [0.3, 0.4) is 0 Å². The molecule has 27 heavy (non-hydrogen) atoms. The summed E-state index contributed by atoms with van der Waals surface area (Å²) in [6.45, 7) is 5.94. The van der Waals surface area contributed by atoms with Crippen LogP contribution in [0.25, 0.3) is 10.9 Å². The summed E-state index contributed by atoms with van der Waals surface area (Å²) < 4.78 is 11.3. The van der Waals surface area contributed by atoms with Crippen molar-refractivity contribution in [2.24, 2.45) is 0 Å². The molecular weight excluding hydrogens is 348 g/mol. The number of nitrogens with one attached hydrogen (secondary N) is 1. The van der Waals surface area contributed by atoms with Crippen molar-refractivity contribution in [2.45, 2.75) is 45.6 Å². The number of esters is 1. The van der Waals surface area contributed by atoms with E-state index in [-0.39, 0.29) is 17.7 Å². The molecule has 2 N–H and O–H groups in total. The van der Waals surface area contributed by atoms with Crippen LogP contribution in [0.4, 0.5) is 0 Å². The Bertz CT molecular complexity index is 969. The lowest BCUT2D eigenvalue weighted by Gasteiger charge is -2.35. The summed E-state index contributed by atoms with van der Waals surface area (Å²) in [6, 6.07) is 3.50. The molecule has 1 aromatic heterocycles. The highest BCUT2D eigenvalue weighted by Crippen LogP contribution is 2.43. The number of carboxylic acids is 1. The van der Waals surface area contributed by atoms with Gasteiger partial charge in [0, 0.05) is 5.39 Å². The van der Waals surface area contributed by atoms with Crippen LogP contribution in [0.15, 0.2) is 6.07 Å². The lowest BCUT2D eigenvalue weighted by molar-refractivity contribution is -0.178. The number of carbonyl (C=O) groups excluding carboxylic acids is 1. The Hall–Kier alpha value is -2.85. The summed E-state index contributed by atoms with van der Waals surface area (Å²) >= 11 is 0. The minimum absolute atomic E-state index is 0.0655. The van der Waals surface area contributed by atoms with Crippen molar-refractivity contribution in [3.63, 3.8) is 0 Å². The van der Waals surface area contributed by atoms with E-state index < -0.39 is 17.5 Å². The highest BCUT2D eigenvalue weighted by atomic mass is 16.6. The number of hydrogen-bond donors (Lipinski definition) is 2. The van der Waals surface area contributed by atoms with Crippen molar-refractivity contribution in [3.8, 4) is 6.07 Å². The number of aromatic amines is 1. The van der Waals surface area contributed by atoms with E-state index in [4.69, 9.17) is 9.47 Å². The molecule has 0 amide bonds. The molecule has 7 nitrogen and oxygen atoms in total. The van der Waals surface area contributed by atoms with Gasteiger partial charge in [0.2, 0.25) is 5.60 Å². The van der Waals surface area contributed by atoms with Crippen molar-refractivity contribution in [3.05, 3.63) is 34.0 Å². The monoisotopic (exact) mass is 370 g/mol. The Balaban J connectivity index is 2.37. The Labute approximate surface area is 156 Å². The molecule has 142 valence electrons. The van der Waals surface area contributed by atoms with Crippen LogP contribution in [0, 0.1) is 18.3 Å². The Morgan fingerprint density at radius 1 is 1.44 bits per heavy atom. The van der Waals surface area contributed by atoms with Crippen LogP contribution in [0.2, 0.25) is 0 Å². The molecule has 1 atom stereocenters. The average Bonchev–Trinajstić information content (AvgIpc) is 3.04. The van der Waals surface area contributed by atoms with E-state index >= 15 is 0 Å². The maximum atomic E-state index is 12.8. The predicted molar refractivity (Wildman–Crippen MR) is 97.6 cm³/mol. The maximum absolute atomic E-state index is 12.8. The van der Waals surface area contributed by atoms with Crippen molar-refractivity contribution in [1.82, 2.24) is 4.98 Å². The van der Waals surface area contributed by atoms with Gasteiger partial charge in [0.25, 0.3) is 0 Å². The average molecular weight is 370 g/mol. The van der Waals surface area contributed by atoms with E-state index in [0.29, 0.717) is 48.0 Å². The number of hydrogen-bond acceptors (Lipinski definition) is 5. The Kier molecular flexibility index (Phi) is 4.94. The SMILES string of the molecule is CCCC1(C(=O)OCC)OCCc2c1[nH]c1c(C)c(C(=O)O)cc(C#N)c21. The smallest absolute Gasteiger partial charge is 0.344 e. The van der Waals surface area contributed by atoms with Crippen molar-refractivity contribution in [2.75, 3.05) is 13.2 Å². The van der Waals surface area contributed by atoms with Gasteiger partial charge in [-0.15, -0.1) is 0 Å². The number of carboxylic acid groups (broad SMARTS) is 1. The summed E-state index contributed by atoms with van der Waals surface area (Å²) in [7, 11) is 0. The Morgan fingerprint density at radius 2 is 2.19 bits per heavy atom. The van der Waals surface area contributed by atoms with E-state index in [2.05, 4.69) is 11.1 Å². The fraction of sp³-hybridized carbons (Fsp3) is 0.450. The van der Waals surface area contributed by atoms with E-state index in [9.17, 15) is 20.0 Å². The number of ether oxygens (including phenoxy) is 2. The van der Waals surface area contributed by atoms with Gasteiger partial charge in [0.1, 0.15) is 0 Å². The lowest BCUT2D eigenvalue weighted by atomic mass is 9.86. The summed E-state index contributed by atoms with van der Waals surface area (Å²) in [5.41, 5.74) is 1.57. The van der Waals surface area contributed by atoms with Gasteiger partial charge in [-0.2, -0.15) is 5.26 Å². The number of carbonyl (C=O) groups is 2. The topological polar surface area (TPSA) is 112 Å². The van der Waals surface area contributed by atoms with Crippen LogP contribution in [0.1, 0.15) is 59.4 Å².